The summed E-state index contributed by atoms with van der Waals surface area (Å²) in [4.78, 5) is 43.6. The van der Waals surface area contributed by atoms with E-state index in [1.807, 2.05) is 43.0 Å². The summed E-state index contributed by atoms with van der Waals surface area (Å²) in [6.45, 7) is 9.19. The van der Waals surface area contributed by atoms with E-state index >= 15 is 0 Å². The van der Waals surface area contributed by atoms with Gasteiger partial charge in [-0.2, -0.15) is 0 Å². The van der Waals surface area contributed by atoms with Crippen LogP contribution in [-0.4, -0.2) is 70.6 Å². The molecule has 1 fully saturated rings. The second kappa shape index (κ2) is 12.1. The highest BCUT2D eigenvalue weighted by Crippen LogP contribution is 2.39. The molecule has 226 valence electrons. The van der Waals surface area contributed by atoms with Crippen LogP contribution in [0.25, 0.3) is 11.3 Å². The molecule has 2 aliphatic heterocycles. The van der Waals surface area contributed by atoms with Crippen LogP contribution in [0.2, 0.25) is 5.02 Å². The zero-order valence-corrected chi connectivity index (χ0v) is 25.9. The molecule has 2 N–H and O–H groups in total. The Morgan fingerprint density at radius 1 is 1.20 bits per heavy atom. The second-order valence-electron chi connectivity index (χ2n) is 10.4. The van der Waals surface area contributed by atoms with Gasteiger partial charge in [0.25, 0.3) is 5.91 Å². The molecule has 0 unspecified atom stereocenters. The number of ether oxygens (including phenoxy) is 2. The molecule has 0 aliphatic carbocycles. The number of benzene rings is 1. The maximum absolute atomic E-state index is 12.9. The normalized spacial score (nSPS) is 17.2. The fourth-order valence-electron chi connectivity index (χ4n) is 5.41. The van der Waals surface area contributed by atoms with Gasteiger partial charge >= 0.3 is 0 Å². The van der Waals surface area contributed by atoms with Crippen LogP contribution < -0.4 is 25.0 Å². The number of pyridine rings is 2. The van der Waals surface area contributed by atoms with Gasteiger partial charge in [0, 0.05) is 24.8 Å². The second-order valence-corrected chi connectivity index (χ2v) is 11.8. The number of carbonyl (C=O) groups excluding carboxylic acids is 2. The zero-order valence-electron chi connectivity index (χ0n) is 24.3. The molecule has 13 heteroatoms. The Morgan fingerprint density at radius 3 is 2.82 bits per heavy atom. The third-order valence-corrected chi connectivity index (χ3v) is 9.02. The minimum absolute atomic E-state index is 0.00705. The Balaban J connectivity index is 1.20. The van der Waals surface area contributed by atoms with Crippen molar-refractivity contribution in [3.63, 3.8) is 0 Å². The smallest absolute Gasteiger partial charge is 0.267 e. The van der Waals surface area contributed by atoms with E-state index in [1.54, 1.807) is 25.4 Å². The molecule has 6 rings (SSSR count). The molecule has 1 aromatic carbocycles. The minimum atomic E-state index is -0.314. The fraction of sp³-hybridized carbons (Fsp3) is 0.258. The summed E-state index contributed by atoms with van der Waals surface area (Å²) in [7, 11) is 1.56. The first-order chi connectivity index (χ1) is 21.3. The van der Waals surface area contributed by atoms with E-state index in [4.69, 9.17) is 31.0 Å². The Bertz CT molecular complexity index is 1740. The summed E-state index contributed by atoms with van der Waals surface area (Å²) < 4.78 is 11.7. The lowest BCUT2D eigenvalue weighted by atomic mass is 10.0. The number of methoxy groups -OCH3 is 1. The number of nitrogens with one attached hydrogen (secondary N) is 2. The molecule has 0 saturated carbocycles. The van der Waals surface area contributed by atoms with Crippen molar-refractivity contribution >= 4 is 57.2 Å². The molecule has 2 aliphatic rings. The molecular weight excluding hydrogens is 602 g/mol. The Hall–Kier alpha value is -4.68. The van der Waals surface area contributed by atoms with Crippen molar-refractivity contribution in [1.29, 1.82) is 0 Å². The molecule has 11 nitrogen and oxygen atoms in total. The van der Waals surface area contributed by atoms with Gasteiger partial charge in [0.1, 0.15) is 11.5 Å². The number of aromatic nitrogens is 3. The van der Waals surface area contributed by atoms with Crippen molar-refractivity contribution in [2.75, 3.05) is 42.3 Å². The number of aryl methyl sites for hydroxylation is 1. The first kappa shape index (κ1) is 29.4. The average Bonchev–Trinajstić information content (AvgIpc) is 3.51. The number of amides is 2. The van der Waals surface area contributed by atoms with E-state index in [0.29, 0.717) is 63.4 Å². The van der Waals surface area contributed by atoms with Crippen LogP contribution in [0, 0.1) is 6.92 Å². The number of nitrogens with zero attached hydrogens (tertiary/aromatic N) is 5. The van der Waals surface area contributed by atoms with Crippen molar-refractivity contribution in [3.05, 3.63) is 76.9 Å². The number of thiazole rings is 1. The first-order valence-corrected chi connectivity index (χ1v) is 15.1. The largest absolute Gasteiger partial charge is 0.493 e. The lowest BCUT2D eigenvalue weighted by Gasteiger charge is -2.48. The number of carbonyl (C=O) groups is 2. The Labute approximate surface area is 263 Å². The van der Waals surface area contributed by atoms with E-state index in [-0.39, 0.29) is 23.9 Å². The van der Waals surface area contributed by atoms with Gasteiger partial charge < -0.3 is 29.9 Å². The van der Waals surface area contributed by atoms with Gasteiger partial charge in [0.2, 0.25) is 5.91 Å². The average molecular weight is 632 g/mol. The summed E-state index contributed by atoms with van der Waals surface area (Å²) >= 11 is 7.46. The number of hydrogen-bond donors (Lipinski definition) is 2. The summed E-state index contributed by atoms with van der Waals surface area (Å²) in [6, 6.07) is 11.0. The number of piperazine rings is 1. The highest BCUT2D eigenvalue weighted by Gasteiger charge is 2.40. The molecule has 4 aromatic rings. The third kappa shape index (κ3) is 5.53. The van der Waals surface area contributed by atoms with Gasteiger partial charge in [0.15, 0.2) is 28.3 Å². The van der Waals surface area contributed by atoms with E-state index in [2.05, 4.69) is 27.1 Å². The lowest BCUT2D eigenvalue weighted by Crippen LogP contribution is -2.63. The maximum atomic E-state index is 12.9. The number of hydrogen-bond acceptors (Lipinski definition) is 10. The van der Waals surface area contributed by atoms with Crippen molar-refractivity contribution in [2.45, 2.75) is 25.9 Å². The van der Waals surface area contributed by atoms with Crippen LogP contribution in [0.15, 0.2) is 61.4 Å². The Morgan fingerprint density at radius 2 is 2.05 bits per heavy atom. The summed E-state index contributed by atoms with van der Waals surface area (Å²) in [5.74, 6) is 1.95. The summed E-state index contributed by atoms with van der Waals surface area (Å²) in [5.41, 5.74) is 2.83. The van der Waals surface area contributed by atoms with Crippen LogP contribution in [0.3, 0.4) is 0 Å². The number of halogens is 1. The standard InChI is InChI=1S/C31H30ClN7O4S/c1-5-26(40)38-11-12-39-22(18(38)3)16-43-24-13-19(14-33-29(24)39)21-9-10-23(42-4)28(35-21)37-31-34-15-25(44-31)30(41)36-27-17(2)7-6-8-20(27)32/h5-10,13-15,18,22H,1,11-12,16H2,2-4H3,(H,36,41)(H,34,35,37)/t18-,22+/m0/s1. The van der Waals surface area contributed by atoms with E-state index in [0.717, 1.165) is 16.9 Å². The summed E-state index contributed by atoms with van der Waals surface area (Å²) in [5, 5.41) is 6.98. The van der Waals surface area contributed by atoms with Gasteiger partial charge in [0.05, 0.1) is 41.8 Å². The van der Waals surface area contributed by atoms with Gasteiger partial charge in [-0.1, -0.05) is 41.6 Å². The van der Waals surface area contributed by atoms with Crippen molar-refractivity contribution in [2.24, 2.45) is 0 Å². The van der Waals surface area contributed by atoms with Crippen LogP contribution in [0.1, 0.15) is 22.2 Å². The van der Waals surface area contributed by atoms with E-state index in [9.17, 15) is 9.59 Å². The maximum Gasteiger partial charge on any atom is 0.267 e. The number of fused-ring (bicyclic) bond motifs is 3. The third-order valence-electron chi connectivity index (χ3n) is 7.79. The monoisotopic (exact) mass is 631 g/mol. The quantitative estimate of drug-likeness (QED) is 0.253. The molecule has 3 aromatic heterocycles. The molecule has 44 heavy (non-hydrogen) atoms. The van der Waals surface area contributed by atoms with Crippen molar-refractivity contribution < 1.29 is 19.1 Å². The highest BCUT2D eigenvalue weighted by atomic mass is 35.5. The molecule has 0 spiro atoms. The number of anilines is 4. The first-order valence-electron chi connectivity index (χ1n) is 13.9. The van der Waals surface area contributed by atoms with Crippen LogP contribution in [-0.2, 0) is 4.79 Å². The molecule has 2 amide bonds. The highest BCUT2D eigenvalue weighted by molar-refractivity contribution is 7.17. The molecule has 5 heterocycles. The molecular formula is C31H30ClN7O4S. The number of para-hydroxylation sites is 1. The number of rotatable bonds is 7. The predicted molar refractivity (Wildman–Crippen MR) is 172 cm³/mol. The van der Waals surface area contributed by atoms with Crippen molar-refractivity contribution in [1.82, 2.24) is 19.9 Å². The van der Waals surface area contributed by atoms with Crippen LogP contribution in [0.5, 0.6) is 11.5 Å². The van der Waals surface area contributed by atoms with Gasteiger partial charge in [-0.25, -0.2) is 15.0 Å². The van der Waals surface area contributed by atoms with Crippen molar-refractivity contribution in [3.8, 4) is 22.8 Å². The molecule has 1 saturated heterocycles. The van der Waals surface area contributed by atoms with E-state index in [1.165, 1.54) is 23.6 Å². The molecule has 0 radical (unpaired) electrons. The van der Waals surface area contributed by atoms with Crippen LogP contribution in [0.4, 0.5) is 22.5 Å². The summed E-state index contributed by atoms with van der Waals surface area (Å²) in [6.07, 6.45) is 4.61. The fourth-order valence-corrected chi connectivity index (χ4v) is 6.39. The predicted octanol–water partition coefficient (Wildman–Crippen LogP) is 5.55. The van der Waals surface area contributed by atoms with Gasteiger partial charge in [-0.05, 0) is 49.8 Å². The molecule has 2 atom stereocenters. The van der Waals surface area contributed by atoms with Crippen LogP contribution >= 0.6 is 22.9 Å². The SMILES string of the molecule is C=CC(=O)N1CCN2c3ncc(-c4ccc(OC)c(Nc5ncc(C(=O)Nc6c(C)cccc6Cl)s5)n4)cc3OC[C@@H]2[C@@H]1C. The van der Waals surface area contributed by atoms with Gasteiger partial charge in [-0.15, -0.1) is 0 Å². The Kier molecular flexibility index (Phi) is 8.11. The van der Waals surface area contributed by atoms with Gasteiger partial charge in [-0.3, -0.25) is 9.59 Å². The van der Waals surface area contributed by atoms with E-state index < -0.39 is 0 Å². The molecule has 0 bridgehead atoms. The minimum Gasteiger partial charge on any atom is -0.493 e. The topological polar surface area (TPSA) is 122 Å². The zero-order chi connectivity index (χ0) is 31.0. The lowest BCUT2D eigenvalue weighted by molar-refractivity contribution is -0.129.